The van der Waals surface area contributed by atoms with E-state index in [0.717, 1.165) is 35.3 Å². The second-order valence-corrected chi connectivity index (χ2v) is 11.7. The summed E-state index contributed by atoms with van der Waals surface area (Å²) in [4.78, 5) is 1.64. The molecular formula is C27H26N2O2S2. The van der Waals surface area contributed by atoms with Crippen LogP contribution in [0.3, 0.4) is 0 Å². The largest absolute Gasteiger partial charge is 0.378 e. The Balaban J connectivity index is 1.36. The van der Waals surface area contributed by atoms with E-state index in [4.69, 9.17) is 0 Å². The molecule has 2 heterocycles. The van der Waals surface area contributed by atoms with Crippen molar-refractivity contribution in [3.8, 4) is 0 Å². The predicted molar refractivity (Wildman–Crippen MR) is 136 cm³/mol. The number of hydrogen-bond acceptors (Lipinski definition) is 4. The predicted octanol–water partition coefficient (Wildman–Crippen LogP) is 5.99. The standard InChI is InChI=1S/C27H26N2O2S2/c1-32-20-11-9-19(10-12-20)27-23-7-4-6-22(23)24-17-21(13-14-25(24)28-27)33(30,31)29-16-15-18-5-2-3-8-26(18)29/h2-6,8-14,17,22-23,27-28H,7,15-16H2,1H3. The van der Waals surface area contributed by atoms with Crippen molar-refractivity contribution in [3.05, 3.63) is 95.6 Å². The summed E-state index contributed by atoms with van der Waals surface area (Å²) >= 11 is 1.75. The SMILES string of the molecule is CSc1ccc(C2Nc3ccc(S(=O)(=O)N4CCc5ccccc54)cc3C3C=CCC32)cc1. The number of anilines is 2. The van der Waals surface area contributed by atoms with Gasteiger partial charge in [0.25, 0.3) is 10.0 Å². The van der Waals surface area contributed by atoms with Gasteiger partial charge in [-0.3, -0.25) is 4.31 Å². The average molecular weight is 475 g/mol. The Morgan fingerprint density at radius 1 is 1.03 bits per heavy atom. The zero-order chi connectivity index (χ0) is 22.6. The molecule has 6 rings (SSSR count). The summed E-state index contributed by atoms with van der Waals surface area (Å²) in [5, 5.41) is 3.73. The van der Waals surface area contributed by atoms with Crippen LogP contribution in [-0.4, -0.2) is 21.2 Å². The Morgan fingerprint density at radius 2 is 1.85 bits per heavy atom. The number of para-hydroxylation sites is 1. The van der Waals surface area contributed by atoms with Gasteiger partial charge in [0.1, 0.15) is 0 Å². The van der Waals surface area contributed by atoms with Crippen LogP contribution < -0.4 is 9.62 Å². The first kappa shape index (κ1) is 20.9. The van der Waals surface area contributed by atoms with Gasteiger partial charge in [0.15, 0.2) is 0 Å². The maximum absolute atomic E-state index is 13.6. The van der Waals surface area contributed by atoms with Crippen molar-refractivity contribution in [2.75, 3.05) is 22.4 Å². The van der Waals surface area contributed by atoms with E-state index in [1.165, 1.54) is 10.5 Å². The van der Waals surface area contributed by atoms with Gasteiger partial charge in [0, 0.05) is 23.0 Å². The monoisotopic (exact) mass is 474 g/mol. The molecule has 0 spiro atoms. The van der Waals surface area contributed by atoms with Crippen molar-refractivity contribution >= 4 is 33.2 Å². The van der Waals surface area contributed by atoms with E-state index in [1.807, 2.05) is 36.4 Å². The molecule has 3 aliphatic rings. The molecule has 3 aromatic carbocycles. The van der Waals surface area contributed by atoms with Gasteiger partial charge >= 0.3 is 0 Å². The highest BCUT2D eigenvalue weighted by atomic mass is 32.2. The van der Waals surface area contributed by atoms with Crippen molar-refractivity contribution < 1.29 is 8.42 Å². The van der Waals surface area contributed by atoms with Crippen molar-refractivity contribution in [1.82, 2.24) is 0 Å². The van der Waals surface area contributed by atoms with Gasteiger partial charge < -0.3 is 5.32 Å². The summed E-state index contributed by atoms with van der Waals surface area (Å²) in [6.07, 6.45) is 8.34. The van der Waals surface area contributed by atoms with Crippen LogP contribution in [0.1, 0.15) is 35.1 Å². The molecule has 33 heavy (non-hydrogen) atoms. The van der Waals surface area contributed by atoms with Crippen LogP contribution in [-0.2, 0) is 16.4 Å². The van der Waals surface area contributed by atoms with Crippen LogP contribution in [0.4, 0.5) is 11.4 Å². The topological polar surface area (TPSA) is 49.4 Å². The van der Waals surface area contributed by atoms with Crippen molar-refractivity contribution in [1.29, 1.82) is 0 Å². The third-order valence-electron chi connectivity index (χ3n) is 7.24. The zero-order valence-corrected chi connectivity index (χ0v) is 20.1. The van der Waals surface area contributed by atoms with Crippen molar-refractivity contribution in [3.63, 3.8) is 0 Å². The zero-order valence-electron chi connectivity index (χ0n) is 18.4. The molecule has 0 saturated heterocycles. The minimum absolute atomic E-state index is 0.210. The van der Waals surface area contributed by atoms with E-state index in [1.54, 1.807) is 22.1 Å². The van der Waals surface area contributed by atoms with Gasteiger partial charge in [-0.25, -0.2) is 8.42 Å². The number of sulfonamides is 1. The van der Waals surface area contributed by atoms with Crippen LogP contribution in [0.5, 0.6) is 0 Å². The third-order valence-corrected chi connectivity index (χ3v) is 9.79. The Labute approximate surface area is 199 Å². The van der Waals surface area contributed by atoms with Gasteiger partial charge in [0.2, 0.25) is 0 Å². The van der Waals surface area contributed by atoms with Gasteiger partial charge in [-0.2, -0.15) is 0 Å². The number of fused-ring (bicyclic) bond motifs is 4. The lowest BCUT2D eigenvalue weighted by Crippen LogP contribution is -2.31. The minimum atomic E-state index is -3.61. The third kappa shape index (κ3) is 3.39. The summed E-state index contributed by atoms with van der Waals surface area (Å²) in [7, 11) is -3.61. The van der Waals surface area contributed by atoms with Crippen LogP contribution in [0.2, 0.25) is 0 Å². The average Bonchev–Trinajstić information content (AvgIpc) is 3.51. The number of nitrogens with zero attached hydrogens (tertiary/aromatic N) is 1. The van der Waals surface area contributed by atoms with Crippen LogP contribution in [0.15, 0.2) is 88.7 Å². The summed E-state index contributed by atoms with van der Waals surface area (Å²) in [6, 6.07) is 22.4. The Morgan fingerprint density at radius 3 is 2.67 bits per heavy atom. The molecule has 0 fully saturated rings. The van der Waals surface area contributed by atoms with Gasteiger partial charge in [-0.1, -0.05) is 42.5 Å². The Kier molecular flexibility index (Phi) is 5.03. The van der Waals surface area contributed by atoms with Gasteiger partial charge in [-0.05, 0) is 78.1 Å². The molecule has 3 aromatic rings. The first-order chi connectivity index (χ1) is 16.1. The normalized spacial score (nSPS) is 23.1. The molecule has 4 nitrogen and oxygen atoms in total. The molecule has 0 aromatic heterocycles. The number of rotatable bonds is 4. The van der Waals surface area contributed by atoms with E-state index in [0.29, 0.717) is 17.4 Å². The highest BCUT2D eigenvalue weighted by Gasteiger charge is 2.39. The molecule has 1 aliphatic carbocycles. The lowest BCUT2D eigenvalue weighted by Gasteiger charge is -2.38. The molecule has 0 radical (unpaired) electrons. The number of allylic oxidation sites excluding steroid dienone is 2. The van der Waals surface area contributed by atoms with E-state index < -0.39 is 10.0 Å². The van der Waals surface area contributed by atoms with E-state index in [2.05, 4.69) is 48.0 Å². The van der Waals surface area contributed by atoms with Crippen LogP contribution in [0, 0.1) is 5.92 Å². The van der Waals surface area contributed by atoms with Gasteiger partial charge in [0.05, 0.1) is 16.6 Å². The summed E-state index contributed by atoms with van der Waals surface area (Å²) < 4.78 is 28.8. The first-order valence-corrected chi connectivity index (χ1v) is 14.0. The van der Waals surface area contributed by atoms with E-state index >= 15 is 0 Å². The van der Waals surface area contributed by atoms with Crippen LogP contribution in [0.25, 0.3) is 0 Å². The molecule has 3 unspecified atom stereocenters. The molecule has 3 atom stereocenters. The molecule has 1 N–H and O–H groups in total. The smallest absolute Gasteiger partial charge is 0.264 e. The maximum Gasteiger partial charge on any atom is 0.264 e. The fourth-order valence-electron chi connectivity index (χ4n) is 5.56. The lowest BCUT2D eigenvalue weighted by molar-refractivity contribution is 0.425. The summed E-state index contributed by atoms with van der Waals surface area (Å²) in [5.74, 6) is 0.593. The summed E-state index contributed by atoms with van der Waals surface area (Å²) in [6.45, 7) is 0.497. The summed E-state index contributed by atoms with van der Waals surface area (Å²) in [5.41, 5.74) is 5.29. The lowest BCUT2D eigenvalue weighted by atomic mass is 9.77. The molecule has 6 heteroatoms. The molecule has 0 saturated carbocycles. The Hall–Kier alpha value is -2.70. The molecule has 168 valence electrons. The molecule has 0 bridgehead atoms. The maximum atomic E-state index is 13.6. The first-order valence-electron chi connectivity index (χ1n) is 11.4. The quantitative estimate of drug-likeness (QED) is 0.373. The Bertz CT molecular complexity index is 1350. The molecule has 2 aliphatic heterocycles. The second kappa shape index (κ2) is 7.96. The van der Waals surface area contributed by atoms with Crippen molar-refractivity contribution in [2.45, 2.75) is 34.6 Å². The van der Waals surface area contributed by atoms with E-state index in [-0.39, 0.29) is 12.0 Å². The highest BCUT2D eigenvalue weighted by Crippen LogP contribution is 2.50. The molecular weight excluding hydrogens is 448 g/mol. The number of benzene rings is 3. The minimum Gasteiger partial charge on any atom is -0.378 e. The van der Waals surface area contributed by atoms with E-state index in [9.17, 15) is 8.42 Å². The second-order valence-electron chi connectivity index (χ2n) is 8.95. The number of nitrogens with one attached hydrogen (secondary N) is 1. The van der Waals surface area contributed by atoms with Crippen LogP contribution >= 0.6 is 11.8 Å². The fraction of sp³-hybridized carbons (Fsp3) is 0.259. The van der Waals surface area contributed by atoms with Gasteiger partial charge in [-0.15, -0.1) is 11.8 Å². The van der Waals surface area contributed by atoms with Crippen molar-refractivity contribution in [2.24, 2.45) is 5.92 Å². The molecule has 0 amide bonds. The number of hydrogen-bond donors (Lipinski definition) is 1. The number of thioether (sulfide) groups is 1. The highest BCUT2D eigenvalue weighted by molar-refractivity contribution is 7.98. The fourth-order valence-corrected chi connectivity index (χ4v) is 7.51.